The largest absolute Gasteiger partial charge is 0.465 e. The third-order valence-corrected chi connectivity index (χ3v) is 2.73. The highest BCUT2D eigenvalue weighted by Crippen LogP contribution is 2.05. The van der Waals surface area contributed by atoms with Crippen LogP contribution >= 0.6 is 0 Å². The Morgan fingerprint density at radius 3 is 2.59 bits per heavy atom. The lowest BCUT2D eigenvalue weighted by molar-refractivity contribution is -0.130. The first-order chi connectivity index (χ1) is 8.17. The first-order valence-electron chi connectivity index (χ1n) is 6.21. The number of amides is 1. The fourth-order valence-electron chi connectivity index (χ4n) is 1.72. The van der Waals surface area contributed by atoms with Crippen LogP contribution in [-0.4, -0.2) is 30.4 Å². The summed E-state index contributed by atoms with van der Waals surface area (Å²) in [6, 6.07) is 3.90. The van der Waals surface area contributed by atoms with Crippen molar-refractivity contribution in [3.8, 4) is 0 Å². The highest BCUT2D eigenvalue weighted by atomic mass is 16.3. The molecule has 0 fully saturated rings. The molecule has 17 heavy (non-hydrogen) atoms. The number of hydrogen-bond donors (Lipinski definition) is 1. The molecule has 4 nitrogen and oxygen atoms in total. The van der Waals surface area contributed by atoms with Gasteiger partial charge in [-0.05, 0) is 32.9 Å². The normalized spacial score (nSPS) is 10.5. The van der Waals surface area contributed by atoms with E-state index in [1.807, 2.05) is 37.8 Å². The third-order valence-electron chi connectivity index (χ3n) is 2.73. The fourth-order valence-corrected chi connectivity index (χ4v) is 1.72. The fraction of sp³-hybridized carbons (Fsp3) is 0.615. The Labute approximate surface area is 103 Å². The minimum Gasteiger partial charge on any atom is -0.465 e. The minimum absolute atomic E-state index is 0.207. The van der Waals surface area contributed by atoms with Gasteiger partial charge in [-0.2, -0.15) is 0 Å². The summed E-state index contributed by atoms with van der Waals surface area (Å²) < 4.78 is 5.42. The predicted octanol–water partition coefficient (Wildman–Crippen LogP) is 1.94. The topological polar surface area (TPSA) is 45.5 Å². The van der Waals surface area contributed by atoms with Gasteiger partial charge in [-0.1, -0.05) is 0 Å². The Hall–Kier alpha value is -1.29. The number of furan rings is 1. The molecule has 0 aromatic carbocycles. The van der Waals surface area contributed by atoms with E-state index in [0.29, 0.717) is 19.5 Å². The van der Waals surface area contributed by atoms with Crippen LogP contribution in [0, 0.1) is 6.92 Å². The molecule has 0 aliphatic carbocycles. The first kappa shape index (κ1) is 13.8. The molecular formula is C13H22N2O2. The average molecular weight is 238 g/mol. The maximum Gasteiger partial charge on any atom is 0.223 e. The molecule has 0 aliphatic heterocycles. The van der Waals surface area contributed by atoms with Gasteiger partial charge in [0.1, 0.15) is 11.5 Å². The van der Waals surface area contributed by atoms with Gasteiger partial charge in [-0.15, -0.1) is 0 Å². The number of rotatable bonds is 7. The summed E-state index contributed by atoms with van der Waals surface area (Å²) in [5, 5.41) is 3.21. The number of nitrogens with zero attached hydrogens (tertiary/aromatic N) is 1. The monoisotopic (exact) mass is 238 g/mol. The van der Waals surface area contributed by atoms with Gasteiger partial charge in [-0.3, -0.25) is 4.79 Å². The van der Waals surface area contributed by atoms with Crippen molar-refractivity contribution in [2.45, 2.75) is 33.7 Å². The summed E-state index contributed by atoms with van der Waals surface area (Å²) >= 11 is 0. The van der Waals surface area contributed by atoms with Crippen molar-refractivity contribution < 1.29 is 9.21 Å². The van der Waals surface area contributed by atoms with Crippen LogP contribution in [0.2, 0.25) is 0 Å². The zero-order valence-corrected chi connectivity index (χ0v) is 11.0. The number of nitrogens with one attached hydrogen (secondary N) is 1. The van der Waals surface area contributed by atoms with Crippen LogP contribution in [0.15, 0.2) is 16.5 Å². The molecule has 4 heteroatoms. The quantitative estimate of drug-likeness (QED) is 0.738. The molecule has 1 aromatic rings. The number of aryl methyl sites for hydroxylation is 1. The van der Waals surface area contributed by atoms with Gasteiger partial charge in [-0.25, -0.2) is 0 Å². The minimum atomic E-state index is 0.207. The molecule has 1 amide bonds. The van der Waals surface area contributed by atoms with Crippen LogP contribution < -0.4 is 5.32 Å². The van der Waals surface area contributed by atoms with Crippen molar-refractivity contribution in [1.82, 2.24) is 10.2 Å². The molecule has 96 valence electrons. The number of carbonyl (C=O) groups is 1. The summed E-state index contributed by atoms with van der Waals surface area (Å²) in [7, 11) is 0. The molecule has 0 saturated carbocycles. The second-order valence-electron chi connectivity index (χ2n) is 4.01. The summed E-state index contributed by atoms with van der Waals surface area (Å²) in [5.41, 5.74) is 0. The predicted molar refractivity (Wildman–Crippen MR) is 67.7 cm³/mol. The zero-order valence-electron chi connectivity index (χ0n) is 11.0. The zero-order chi connectivity index (χ0) is 12.7. The van der Waals surface area contributed by atoms with E-state index in [1.165, 1.54) is 0 Å². The van der Waals surface area contributed by atoms with E-state index in [0.717, 1.165) is 24.6 Å². The van der Waals surface area contributed by atoms with Crippen molar-refractivity contribution >= 4 is 5.91 Å². The van der Waals surface area contributed by atoms with Crippen LogP contribution in [0.25, 0.3) is 0 Å². The first-order valence-corrected chi connectivity index (χ1v) is 6.21. The number of carbonyl (C=O) groups excluding carboxylic acids is 1. The average Bonchev–Trinajstić information content (AvgIpc) is 2.72. The van der Waals surface area contributed by atoms with Crippen molar-refractivity contribution in [2.24, 2.45) is 0 Å². The molecule has 0 unspecified atom stereocenters. The summed E-state index contributed by atoms with van der Waals surface area (Å²) in [6.07, 6.45) is 0.543. The molecule has 0 bridgehead atoms. The molecule has 1 heterocycles. The molecule has 0 spiro atoms. The lowest BCUT2D eigenvalue weighted by atomic mass is 10.3. The standard InChI is InChI=1S/C13H22N2O2/c1-4-15(5-2)13(16)8-9-14-10-12-7-6-11(3)17-12/h6-7,14H,4-5,8-10H2,1-3H3. The second kappa shape index (κ2) is 7.12. The lowest BCUT2D eigenvalue weighted by Crippen LogP contribution is -2.32. The van der Waals surface area contributed by atoms with E-state index in [9.17, 15) is 4.79 Å². The van der Waals surface area contributed by atoms with Crippen LogP contribution in [-0.2, 0) is 11.3 Å². The van der Waals surface area contributed by atoms with Gasteiger partial charge in [0.15, 0.2) is 0 Å². The SMILES string of the molecule is CCN(CC)C(=O)CCNCc1ccc(C)o1. The van der Waals surface area contributed by atoms with Crippen molar-refractivity contribution in [2.75, 3.05) is 19.6 Å². The van der Waals surface area contributed by atoms with E-state index in [1.54, 1.807) is 0 Å². The van der Waals surface area contributed by atoms with Gasteiger partial charge < -0.3 is 14.6 Å². The maximum absolute atomic E-state index is 11.7. The van der Waals surface area contributed by atoms with Crippen molar-refractivity contribution in [3.05, 3.63) is 23.7 Å². The molecule has 0 radical (unpaired) electrons. The Balaban J connectivity index is 2.17. The summed E-state index contributed by atoms with van der Waals surface area (Å²) in [6.45, 7) is 8.86. The van der Waals surface area contributed by atoms with Crippen LogP contribution in [0.5, 0.6) is 0 Å². The second-order valence-corrected chi connectivity index (χ2v) is 4.01. The highest BCUT2D eigenvalue weighted by molar-refractivity contribution is 5.76. The van der Waals surface area contributed by atoms with Crippen molar-refractivity contribution in [1.29, 1.82) is 0 Å². The molecule has 1 N–H and O–H groups in total. The molecule has 0 saturated heterocycles. The molecule has 0 aliphatic rings. The van der Waals surface area contributed by atoms with Gasteiger partial charge in [0, 0.05) is 26.1 Å². The third kappa shape index (κ3) is 4.61. The van der Waals surface area contributed by atoms with E-state index in [-0.39, 0.29) is 5.91 Å². The maximum atomic E-state index is 11.7. The van der Waals surface area contributed by atoms with Gasteiger partial charge in [0.05, 0.1) is 6.54 Å². The summed E-state index contributed by atoms with van der Waals surface area (Å²) in [5.74, 6) is 2.04. The van der Waals surface area contributed by atoms with Crippen LogP contribution in [0.4, 0.5) is 0 Å². The van der Waals surface area contributed by atoms with E-state index >= 15 is 0 Å². The lowest BCUT2D eigenvalue weighted by Gasteiger charge is -2.18. The van der Waals surface area contributed by atoms with Crippen LogP contribution in [0.3, 0.4) is 0 Å². The van der Waals surface area contributed by atoms with Gasteiger partial charge in [0.25, 0.3) is 0 Å². The van der Waals surface area contributed by atoms with E-state index in [4.69, 9.17) is 4.42 Å². The van der Waals surface area contributed by atoms with Crippen molar-refractivity contribution in [3.63, 3.8) is 0 Å². The number of hydrogen-bond acceptors (Lipinski definition) is 3. The molecule has 1 rings (SSSR count). The Kier molecular flexibility index (Phi) is 5.77. The smallest absolute Gasteiger partial charge is 0.223 e. The molecule has 0 atom stereocenters. The highest BCUT2D eigenvalue weighted by Gasteiger charge is 2.08. The van der Waals surface area contributed by atoms with E-state index in [2.05, 4.69) is 5.32 Å². The Morgan fingerprint density at radius 1 is 1.35 bits per heavy atom. The van der Waals surface area contributed by atoms with Crippen LogP contribution in [0.1, 0.15) is 31.8 Å². The Bertz CT molecular complexity index is 343. The Morgan fingerprint density at radius 2 is 2.06 bits per heavy atom. The van der Waals surface area contributed by atoms with Gasteiger partial charge in [0.2, 0.25) is 5.91 Å². The summed E-state index contributed by atoms with van der Waals surface area (Å²) in [4.78, 5) is 13.5. The van der Waals surface area contributed by atoms with E-state index < -0.39 is 0 Å². The molecule has 1 aromatic heterocycles. The molecular weight excluding hydrogens is 216 g/mol. The van der Waals surface area contributed by atoms with Gasteiger partial charge >= 0.3 is 0 Å².